The van der Waals surface area contributed by atoms with Crippen LogP contribution in [-0.4, -0.2) is 67.4 Å². The zero-order valence-corrected chi connectivity index (χ0v) is 33.5. The average molecular weight is 765 g/mol. The zero-order chi connectivity index (χ0) is 40.7. The molecule has 2 fully saturated rings. The van der Waals surface area contributed by atoms with Crippen LogP contribution in [-0.2, 0) is 9.59 Å². The highest BCUT2D eigenvalue weighted by Crippen LogP contribution is 2.36. The van der Waals surface area contributed by atoms with E-state index in [2.05, 4.69) is 0 Å². The lowest BCUT2D eigenvalue weighted by Gasteiger charge is -2.18. The third-order valence-corrected chi connectivity index (χ3v) is 9.64. The summed E-state index contributed by atoms with van der Waals surface area (Å²) < 4.78 is 26.3. The smallest absolute Gasteiger partial charge is 0.255 e. The Kier molecular flexibility index (Phi) is 13.3. The van der Waals surface area contributed by atoms with Gasteiger partial charge in [0.25, 0.3) is 11.8 Å². The van der Waals surface area contributed by atoms with Gasteiger partial charge in [-0.15, -0.1) is 0 Å². The van der Waals surface area contributed by atoms with Crippen LogP contribution in [0.5, 0.6) is 23.0 Å². The molecular formula is C44H52N4O8. The first-order valence-electron chi connectivity index (χ1n) is 18.7. The third-order valence-electron chi connectivity index (χ3n) is 9.64. The number of nitrogens with two attached hydrogens (primary N) is 1. The number of carbonyl (C=O) groups excluding carboxylic acids is 2. The molecule has 4 aromatic rings. The maximum atomic E-state index is 13.0. The Balaban J connectivity index is 0.000000215. The van der Waals surface area contributed by atoms with Gasteiger partial charge in [-0.1, -0.05) is 12.1 Å². The molecule has 56 heavy (non-hydrogen) atoms. The molecule has 2 N–H and O–H groups in total. The van der Waals surface area contributed by atoms with E-state index in [0.717, 1.165) is 28.3 Å². The minimum Gasteiger partial charge on any atom is -0.493 e. The molecule has 2 saturated carbocycles. The molecule has 0 aliphatic heterocycles. The van der Waals surface area contributed by atoms with E-state index in [1.54, 1.807) is 75.6 Å². The van der Waals surface area contributed by atoms with E-state index in [9.17, 15) is 19.2 Å². The molecule has 0 radical (unpaired) electrons. The second kappa shape index (κ2) is 18.1. The monoisotopic (exact) mass is 764 g/mol. The van der Waals surface area contributed by atoms with Crippen LogP contribution >= 0.6 is 0 Å². The van der Waals surface area contributed by atoms with Crippen molar-refractivity contribution in [1.82, 2.24) is 14.0 Å². The molecule has 2 aliphatic carbocycles. The Morgan fingerprint density at radius 2 is 1.02 bits per heavy atom. The molecule has 12 nitrogen and oxygen atoms in total. The lowest BCUT2D eigenvalue weighted by molar-refractivity contribution is -0.122. The van der Waals surface area contributed by atoms with Gasteiger partial charge in [0.05, 0.1) is 38.6 Å². The largest absolute Gasteiger partial charge is 0.493 e. The Labute approximate surface area is 327 Å². The number of hydrogen-bond donors (Lipinski definition) is 1. The van der Waals surface area contributed by atoms with E-state index in [1.165, 1.54) is 42.7 Å². The van der Waals surface area contributed by atoms with Crippen LogP contribution in [0.25, 0.3) is 23.5 Å². The summed E-state index contributed by atoms with van der Waals surface area (Å²) in [6.45, 7) is 8.59. The summed E-state index contributed by atoms with van der Waals surface area (Å²) in [6, 6.07) is 17.0. The maximum absolute atomic E-state index is 13.0. The third kappa shape index (κ3) is 10.6. The molecule has 0 atom stereocenters. The molecular weight excluding hydrogens is 713 g/mol. The highest BCUT2D eigenvalue weighted by molar-refractivity contribution is 6.23. The van der Waals surface area contributed by atoms with Crippen molar-refractivity contribution >= 4 is 35.4 Å². The van der Waals surface area contributed by atoms with Gasteiger partial charge in [-0.25, -0.2) is 0 Å². The predicted molar refractivity (Wildman–Crippen MR) is 219 cm³/mol. The second-order valence-corrected chi connectivity index (χ2v) is 14.6. The number of carbonyl (C=O) groups is 2. The molecule has 0 bridgehead atoms. The van der Waals surface area contributed by atoms with Crippen LogP contribution in [0.3, 0.4) is 0 Å². The van der Waals surface area contributed by atoms with Gasteiger partial charge in [-0.3, -0.25) is 19.2 Å². The summed E-state index contributed by atoms with van der Waals surface area (Å²) in [5.74, 6) is 2.96. The number of nitrogens with zero attached hydrogens (tertiary/aromatic N) is 3. The molecule has 6 rings (SSSR count). The summed E-state index contributed by atoms with van der Waals surface area (Å²) in [5, 5.41) is 0. The molecule has 0 saturated heterocycles. The van der Waals surface area contributed by atoms with Gasteiger partial charge in [0.1, 0.15) is 0 Å². The van der Waals surface area contributed by atoms with Crippen molar-refractivity contribution in [1.29, 1.82) is 0 Å². The first kappa shape index (κ1) is 41.1. The fourth-order valence-electron chi connectivity index (χ4n) is 6.08. The predicted octanol–water partition coefficient (Wildman–Crippen LogP) is 6.09. The highest BCUT2D eigenvalue weighted by atomic mass is 16.5. The Bertz CT molecular complexity index is 2220. The van der Waals surface area contributed by atoms with Gasteiger partial charge in [0.2, 0.25) is 0 Å². The SMILES string of the molecule is COc1ccc(/C(=C/n2c(C)cc(=O)cc2C)C(=O)N(C)C)cc1OCC1CC1.COc1ccc(/C(=C/n2c(C)cc(=O)cc2C)C(N)=O)cc1OCC1CC1. The number of methoxy groups -OCH3 is 2. The number of ether oxygens (including phenoxy) is 4. The molecule has 2 aliphatic rings. The Morgan fingerprint density at radius 1 is 0.643 bits per heavy atom. The van der Waals surface area contributed by atoms with Crippen LogP contribution < -0.4 is 35.5 Å². The number of amides is 2. The zero-order valence-electron chi connectivity index (χ0n) is 33.5. The van der Waals surface area contributed by atoms with E-state index in [0.29, 0.717) is 64.8 Å². The maximum Gasteiger partial charge on any atom is 0.255 e. The standard InChI is InChI=1S/C23H28N2O4.C21H24N2O4/c1-15-10-19(26)11-16(2)25(15)13-20(23(27)24(3)4)18-8-9-21(28-5)22(12-18)29-14-17-6-7-17;1-13-8-17(24)9-14(2)23(13)11-18(21(22)25)16-6-7-19(26-3)20(10-16)27-12-15-4-5-15/h8-13,17H,6-7,14H2,1-5H3;6-11,15H,4-5,12H2,1-3H3,(H2,22,25)/b20-13-;18-11-. The molecule has 0 spiro atoms. The molecule has 0 unspecified atom stereocenters. The summed E-state index contributed by atoms with van der Waals surface area (Å²) >= 11 is 0. The lowest BCUT2D eigenvalue weighted by atomic mass is 10.0. The average Bonchev–Trinajstić information content (AvgIpc) is 4.09. The van der Waals surface area contributed by atoms with Gasteiger partial charge in [0, 0.05) is 73.5 Å². The number of rotatable bonds is 14. The minimum atomic E-state index is -0.564. The van der Waals surface area contributed by atoms with Gasteiger partial charge < -0.3 is 38.7 Å². The van der Waals surface area contributed by atoms with Crippen molar-refractivity contribution in [3.8, 4) is 23.0 Å². The number of aryl methyl sites for hydroxylation is 4. The van der Waals surface area contributed by atoms with Crippen LogP contribution in [0.15, 0.2) is 70.3 Å². The van der Waals surface area contributed by atoms with Crippen molar-refractivity contribution in [2.24, 2.45) is 17.6 Å². The van der Waals surface area contributed by atoms with E-state index in [1.807, 2.05) is 50.5 Å². The van der Waals surface area contributed by atoms with Crippen LogP contribution in [0, 0.1) is 39.5 Å². The summed E-state index contributed by atoms with van der Waals surface area (Å²) in [7, 11) is 6.62. The molecule has 296 valence electrons. The van der Waals surface area contributed by atoms with Gasteiger partial charge in [-0.05, 0) is 101 Å². The van der Waals surface area contributed by atoms with E-state index in [4.69, 9.17) is 24.7 Å². The Hall–Kier alpha value is -6.04. The highest BCUT2D eigenvalue weighted by Gasteiger charge is 2.24. The number of hydrogen-bond acceptors (Lipinski definition) is 8. The Morgan fingerprint density at radius 3 is 1.36 bits per heavy atom. The quantitative estimate of drug-likeness (QED) is 0.152. The first-order valence-corrected chi connectivity index (χ1v) is 18.7. The fraction of sp³-hybridized carbons (Fsp3) is 0.364. The molecule has 12 heteroatoms. The van der Waals surface area contributed by atoms with Gasteiger partial charge >= 0.3 is 0 Å². The molecule has 2 amide bonds. The van der Waals surface area contributed by atoms with Crippen molar-refractivity contribution in [2.45, 2.75) is 53.4 Å². The van der Waals surface area contributed by atoms with Gasteiger partial charge in [-0.2, -0.15) is 0 Å². The normalized spacial score (nSPS) is 14.0. The number of primary amides is 1. The van der Waals surface area contributed by atoms with Crippen LogP contribution in [0.2, 0.25) is 0 Å². The second-order valence-electron chi connectivity index (χ2n) is 14.6. The fourth-order valence-corrected chi connectivity index (χ4v) is 6.08. The number of likely N-dealkylation sites (N-methyl/N-ethyl adjacent to an activating group) is 1. The molecule has 2 aromatic heterocycles. The topological polar surface area (TPSA) is 144 Å². The minimum absolute atomic E-state index is 0.0506. The van der Waals surface area contributed by atoms with Crippen molar-refractivity contribution in [3.05, 3.63) is 115 Å². The van der Waals surface area contributed by atoms with Crippen molar-refractivity contribution in [2.75, 3.05) is 41.5 Å². The number of aromatic nitrogens is 2. The summed E-state index contributed by atoms with van der Waals surface area (Å²) in [4.78, 5) is 50.1. The van der Waals surface area contributed by atoms with Crippen molar-refractivity contribution in [3.63, 3.8) is 0 Å². The van der Waals surface area contributed by atoms with E-state index >= 15 is 0 Å². The number of benzene rings is 2. The first-order chi connectivity index (χ1) is 26.7. The van der Waals surface area contributed by atoms with Crippen LogP contribution in [0.1, 0.15) is 59.6 Å². The van der Waals surface area contributed by atoms with Crippen molar-refractivity contribution < 1.29 is 28.5 Å². The molecule has 2 aromatic carbocycles. The number of pyridine rings is 2. The summed E-state index contributed by atoms with van der Waals surface area (Å²) in [5.41, 5.74) is 10.7. The summed E-state index contributed by atoms with van der Waals surface area (Å²) in [6.07, 6.45) is 8.17. The molecule has 2 heterocycles. The van der Waals surface area contributed by atoms with Crippen LogP contribution in [0.4, 0.5) is 0 Å². The van der Waals surface area contributed by atoms with Gasteiger partial charge in [0.15, 0.2) is 33.9 Å². The van der Waals surface area contributed by atoms with E-state index in [-0.39, 0.29) is 16.8 Å². The van der Waals surface area contributed by atoms with E-state index < -0.39 is 5.91 Å². The lowest BCUT2D eigenvalue weighted by Crippen LogP contribution is -2.23.